The summed E-state index contributed by atoms with van der Waals surface area (Å²) in [5.74, 6) is 0.858. The van der Waals surface area contributed by atoms with Gasteiger partial charge in [-0.05, 0) is 116 Å². The maximum absolute atomic E-state index is 5.19. The van der Waals surface area contributed by atoms with E-state index in [2.05, 4.69) is 327 Å². The average molecular weight is 1220 g/mol. The van der Waals surface area contributed by atoms with Crippen LogP contribution in [0.15, 0.2) is 231 Å². The van der Waals surface area contributed by atoms with Crippen molar-refractivity contribution in [2.24, 2.45) is 0 Å². The Morgan fingerprint density at radius 2 is 0.900 bits per heavy atom. The van der Waals surface area contributed by atoms with Gasteiger partial charge in [-0.25, -0.2) is 4.98 Å². The Labute approximate surface area is 489 Å². The van der Waals surface area contributed by atoms with Gasteiger partial charge in [-0.1, -0.05) is 219 Å². The predicted octanol–water partition coefficient (Wildman–Crippen LogP) is 18.8. The topological polar surface area (TPSA) is 24.3 Å². The first-order chi connectivity index (χ1) is 37.9. The maximum atomic E-state index is 5.19. The Hall–Kier alpha value is -7.78. The third-order valence-electron chi connectivity index (χ3n) is 16.6. The molecular weight excluding hydrogens is 1150 g/mol. The minimum absolute atomic E-state index is 0. The van der Waals surface area contributed by atoms with Crippen LogP contribution in [0.25, 0.3) is 27.6 Å². The zero-order chi connectivity index (χ0) is 54.9. The van der Waals surface area contributed by atoms with Gasteiger partial charge in [0, 0.05) is 60.7 Å². The molecule has 0 saturated carbocycles. The molecule has 80 heavy (non-hydrogen) atoms. The van der Waals surface area contributed by atoms with Crippen molar-refractivity contribution < 1.29 is 21.1 Å². The Kier molecular flexibility index (Phi) is 14.0. The van der Waals surface area contributed by atoms with Crippen molar-refractivity contribution in [2.75, 3.05) is 9.80 Å². The summed E-state index contributed by atoms with van der Waals surface area (Å²) in [4.78, 5) is 9.86. The molecule has 1 aliphatic heterocycles. The van der Waals surface area contributed by atoms with Gasteiger partial charge in [0.15, 0.2) is 0 Å². The predicted molar refractivity (Wildman–Crippen MR) is 331 cm³/mol. The van der Waals surface area contributed by atoms with Gasteiger partial charge in [0.2, 0.25) is 0 Å². The van der Waals surface area contributed by atoms with E-state index < -0.39 is 10.8 Å². The standard InChI is InChI=1S/C75H69N4.Pt/c1-71(2,3)56-42-43-76-70(50-56)79-66-41-39-57(74(10,52-26-15-11-16-27-52)53-28-17-12-18-29-53)48-65(66)64-40-38-59(49-69(64)79)75(54-30-19-13-20-31-54,55-32-21-14-22-33-55)58-34-25-35-62(45-58)77-51-78(68-37-24-23-36-67(68)77)63-46-60(72(4,5)6)44-61(47-63)73(7,8)9;/h11-44,46-48,50-51H,1-10H3;/q-3;. The maximum Gasteiger partial charge on any atom is 0.135 e. The number of hydrogen-bond acceptors (Lipinski definition) is 3. The van der Waals surface area contributed by atoms with Crippen molar-refractivity contribution >= 4 is 44.6 Å². The summed E-state index contributed by atoms with van der Waals surface area (Å²) in [5, 5.41) is 2.25. The summed E-state index contributed by atoms with van der Waals surface area (Å²) in [6.45, 7) is 25.2. The fourth-order valence-corrected chi connectivity index (χ4v) is 12.0. The molecule has 0 aliphatic carbocycles. The Bertz CT molecular complexity index is 3900. The molecule has 0 N–H and O–H groups in total. The summed E-state index contributed by atoms with van der Waals surface area (Å²) >= 11 is 0. The Morgan fingerprint density at radius 1 is 0.388 bits per heavy atom. The van der Waals surface area contributed by atoms with Crippen molar-refractivity contribution in [2.45, 2.75) is 96.3 Å². The first-order valence-corrected chi connectivity index (χ1v) is 27.9. The van der Waals surface area contributed by atoms with E-state index in [-0.39, 0.29) is 37.3 Å². The van der Waals surface area contributed by atoms with Crippen LogP contribution in [0.4, 0.5) is 22.7 Å². The molecule has 0 saturated heterocycles. The molecule has 11 aromatic rings. The number of para-hydroxylation sites is 2. The van der Waals surface area contributed by atoms with Gasteiger partial charge in [-0.3, -0.25) is 0 Å². The van der Waals surface area contributed by atoms with E-state index >= 15 is 0 Å². The molecule has 4 nitrogen and oxygen atoms in total. The van der Waals surface area contributed by atoms with Gasteiger partial charge >= 0.3 is 0 Å². The summed E-state index contributed by atoms with van der Waals surface area (Å²) in [5.41, 5.74) is 16.6. The van der Waals surface area contributed by atoms with E-state index in [1.165, 1.54) is 33.4 Å². The number of aromatic nitrogens is 2. The molecule has 2 aromatic heterocycles. The number of rotatable bonds is 10. The normalized spacial score (nSPS) is 13.2. The average Bonchev–Trinajstić information content (AvgIpc) is 3.05. The second kappa shape index (κ2) is 20.7. The molecule has 3 heterocycles. The smallest absolute Gasteiger partial charge is 0.135 e. The molecule has 9 aromatic carbocycles. The number of pyridine rings is 1. The molecule has 12 rings (SSSR count). The summed E-state index contributed by atoms with van der Waals surface area (Å²) in [7, 11) is 0. The van der Waals surface area contributed by atoms with E-state index in [4.69, 9.17) is 4.98 Å². The summed E-state index contributed by atoms with van der Waals surface area (Å²) < 4.78 is 2.35. The van der Waals surface area contributed by atoms with Crippen LogP contribution in [-0.2, 0) is 48.1 Å². The first kappa shape index (κ1) is 54.2. The third kappa shape index (κ3) is 9.40. The molecule has 0 spiro atoms. The number of fused-ring (bicyclic) bond motifs is 4. The van der Waals surface area contributed by atoms with Crippen LogP contribution in [-0.4, -0.2) is 9.55 Å². The molecule has 402 valence electrons. The minimum Gasteiger partial charge on any atom is -0.493 e. The van der Waals surface area contributed by atoms with Crippen LogP contribution in [0.3, 0.4) is 0 Å². The number of anilines is 4. The summed E-state index contributed by atoms with van der Waals surface area (Å²) in [6, 6.07) is 90.8. The van der Waals surface area contributed by atoms with E-state index in [0.29, 0.717) is 0 Å². The number of benzene rings is 9. The monoisotopic (exact) mass is 1220 g/mol. The molecular formula is C75H69N4Pt-3. The molecule has 0 atom stereocenters. The van der Waals surface area contributed by atoms with Crippen molar-refractivity contribution in [1.82, 2.24) is 9.55 Å². The molecule has 0 radical (unpaired) electrons. The molecule has 0 bridgehead atoms. The fourth-order valence-electron chi connectivity index (χ4n) is 12.0. The number of nitrogens with zero attached hydrogens (tertiary/aromatic N) is 4. The van der Waals surface area contributed by atoms with Gasteiger partial charge in [0.1, 0.15) is 5.82 Å². The zero-order valence-electron chi connectivity index (χ0n) is 47.6. The number of hydrogen-bond donors (Lipinski definition) is 0. The van der Waals surface area contributed by atoms with Crippen molar-refractivity contribution in [3.05, 3.63) is 305 Å². The van der Waals surface area contributed by atoms with E-state index in [9.17, 15) is 0 Å². The van der Waals surface area contributed by atoms with Crippen LogP contribution >= 0.6 is 0 Å². The Morgan fingerprint density at radius 3 is 1.45 bits per heavy atom. The van der Waals surface area contributed by atoms with Crippen LogP contribution in [0.2, 0.25) is 0 Å². The molecule has 5 heteroatoms. The first-order valence-electron chi connectivity index (χ1n) is 27.9. The Balaban J connectivity index is 0.00000675. The van der Waals surface area contributed by atoms with E-state index in [1.807, 2.05) is 6.20 Å². The van der Waals surface area contributed by atoms with Crippen LogP contribution in [0, 0.1) is 18.8 Å². The quantitative estimate of drug-likeness (QED) is 0.101. The van der Waals surface area contributed by atoms with Gasteiger partial charge in [0.25, 0.3) is 0 Å². The molecule has 0 amide bonds. The molecule has 0 fully saturated rings. The van der Waals surface area contributed by atoms with Crippen molar-refractivity contribution in [3.8, 4) is 5.82 Å². The molecule has 0 unspecified atom stereocenters. The van der Waals surface area contributed by atoms with Crippen LogP contribution < -0.4 is 9.80 Å². The SMILES string of the molecule is CC(C)(C)c1cc(N2[CH-]N(c3[c-]c(C(c4[c-]c5c(cc4)c4cc(C(C)(c6ccccc6)c6ccccc6)ccc4n5-c4cc(C(C)(C)C)ccn4)(c4ccccc4)c4ccccc4)ccc3)c3ccccc32)cc(C(C)(C)C)c1.[Pt]. The summed E-state index contributed by atoms with van der Waals surface area (Å²) in [6.07, 6.45) is 1.96. The second-order valence-electron chi connectivity index (χ2n) is 24.8. The minimum atomic E-state index is -0.874. The van der Waals surface area contributed by atoms with Crippen LogP contribution in [0.1, 0.15) is 125 Å². The van der Waals surface area contributed by atoms with Crippen LogP contribution in [0.5, 0.6) is 0 Å². The van der Waals surface area contributed by atoms with Crippen molar-refractivity contribution in [1.29, 1.82) is 0 Å². The van der Waals surface area contributed by atoms with E-state index in [1.54, 1.807) is 0 Å². The second-order valence-corrected chi connectivity index (χ2v) is 24.8. The fraction of sp³-hybridized carbons (Fsp3) is 0.200. The third-order valence-corrected chi connectivity index (χ3v) is 16.6. The largest absolute Gasteiger partial charge is 0.493 e. The molecule has 1 aliphatic rings. The zero-order valence-corrected chi connectivity index (χ0v) is 49.9. The van der Waals surface area contributed by atoms with Gasteiger partial charge in [-0.15, -0.1) is 28.9 Å². The van der Waals surface area contributed by atoms with E-state index in [0.717, 1.165) is 72.6 Å². The van der Waals surface area contributed by atoms with Gasteiger partial charge in [0.05, 0.1) is 0 Å². The van der Waals surface area contributed by atoms with Gasteiger partial charge in [-0.2, -0.15) is 42.5 Å². The van der Waals surface area contributed by atoms with Crippen molar-refractivity contribution in [3.63, 3.8) is 0 Å². The van der Waals surface area contributed by atoms with Gasteiger partial charge < -0.3 is 14.4 Å².